The van der Waals surface area contributed by atoms with Crippen LogP contribution in [0.4, 0.5) is 0 Å². The number of amides is 1. The minimum Gasteiger partial charge on any atom is -0.459 e. The molecule has 1 N–H and O–H groups in total. The van der Waals surface area contributed by atoms with Crippen molar-refractivity contribution in [2.24, 2.45) is 0 Å². The lowest BCUT2D eigenvalue weighted by Gasteiger charge is -2.04. The van der Waals surface area contributed by atoms with Crippen molar-refractivity contribution in [2.75, 3.05) is 0 Å². The molecule has 0 saturated heterocycles. The molecule has 1 aromatic rings. The van der Waals surface area contributed by atoms with Gasteiger partial charge in [-0.1, -0.05) is 18.2 Å². The Labute approximate surface area is 95.2 Å². The number of carbonyl (C=O) groups excluding carboxylic acids is 1. The van der Waals surface area contributed by atoms with Crippen molar-refractivity contribution in [2.45, 2.75) is 13.8 Å². The van der Waals surface area contributed by atoms with E-state index < -0.39 is 0 Å². The fourth-order valence-corrected chi connectivity index (χ4v) is 1.17. The summed E-state index contributed by atoms with van der Waals surface area (Å²) >= 11 is 0. The standard InChI is InChI=1S/C13H15NO2/c1-4-6-11(9-10(2)3)14-13(15)12-7-5-8-16-12/h4-9H,2H2,1,3H3,(H,14,15). The van der Waals surface area contributed by atoms with Gasteiger partial charge in [0, 0.05) is 5.70 Å². The van der Waals surface area contributed by atoms with Crippen LogP contribution in [0.2, 0.25) is 0 Å². The highest BCUT2D eigenvalue weighted by Crippen LogP contribution is 2.04. The first kappa shape index (κ1) is 12.0. The first-order valence-corrected chi connectivity index (χ1v) is 4.98. The monoisotopic (exact) mass is 217 g/mol. The third-order valence-corrected chi connectivity index (χ3v) is 1.75. The second-order valence-electron chi connectivity index (χ2n) is 3.38. The quantitative estimate of drug-likeness (QED) is 0.787. The summed E-state index contributed by atoms with van der Waals surface area (Å²) in [6.07, 6.45) is 6.90. The molecule has 0 aliphatic rings. The molecule has 1 amide bonds. The van der Waals surface area contributed by atoms with E-state index in [1.54, 1.807) is 24.3 Å². The summed E-state index contributed by atoms with van der Waals surface area (Å²) in [5, 5.41) is 2.73. The van der Waals surface area contributed by atoms with Gasteiger partial charge in [0.2, 0.25) is 0 Å². The van der Waals surface area contributed by atoms with Crippen LogP contribution in [-0.2, 0) is 0 Å². The molecule has 0 aromatic carbocycles. The third-order valence-electron chi connectivity index (χ3n) is 1.75. The Morgan fingerprint density at radius 2 is 2.31 bits per heavy atom. The zero-order valence-electron chi connectivity index (χ0n) is 9.49. The molecule has 84 valence electrons. The van der Waals surface area contributed by atoms with Crippen LogP contribution in [0.3, 0.4) is 0 Å². The van der Waals surface area contributed by atoms with Crippen LogP contribution in [0.1, 0.15) is 24.4 Å². The Morgan fingerprint density at radius 1 is 1.56 bits per heavy atom. The van der Waals surface area contributed by atoms with Crippen LogP contribution in [-0.4, -0.2) is 5.91 Å². The molecule has 1 heterocycles. The van der Waals surface area contributed by atoms with E-state index in [1.165, 1.54) is 6.26 Å². The molecule has 0 unspecified atom stereocenters. The van der Waals surface area contributed by atoms with Gasteiger partial charge in [-0.15, -0.1) is 0 Å². The summed E-state index contributed by atoms with van der Waals surface area (Å²) < 4.78 is 4.99. The first-order valence-electron chi connectivity index (χ1n) is 4.98. The highest BCUT2D eigenvalue weighted by Gasteiger charge is 2.08. The fraction of sp³-hybridized carbons (Fsp3) is 0.154. The fourth-order valence-electron chi connectivity index (χ4n) is 1.17. The number of hydrogen-bond acceptors (Lipinski definition) is 2. The average Bonchev–Trinajstić information content (AvgIpc) is 2.69. The molecule has 1 aromatic heterocycles. The lowest BCUT2D eigenvalue weighted by atomic mass is 10.2. The van der Waals surface area contributed by atoms with E-state index in [2.05, 4.69) is 11.9 Å². The van der Waals surface area contributed by atoms with Crippen molar-refractivity contribution in [3.8, 4) is 0 Å². The van der Waals surface area contributed by atoms with Gasteiger partial charge in [0.15, 0.2) is 5.76 Å². The molecule has 0 bridgehead atoms. The second kappa shape index (κ2) is 5.75. The molecule has 3 heteroatoms. The van der Waals surface area contributed by atoms with Crippen molar-refractivity contribution in [3.05, 3.63) is 60.2 Å². The maximum Gasteiger partial charge on any atom is 0.291 e. The summed E-state index contributed by atoms with van der Waals surface area (Å²) in [6, 6.07) is 3.29. The maximum absolute atomic E-state index is 11.7. The van der Waals surface area contributed by atoms with E-state index >= 15 is 0 Å². The molecule has 0 aliphatic carbocycles. The van der Waals surface area contributed by atoms with Gasteiger partial charge in [0.1, 0.15) is 0 Å². The van der Waals surface area contributed by atoms with Crippen LogP contribution in [0.15, 0.2) is 58.9 Å². The first-order chi connectivity index (χ1) is 7.63. The number of furan rings is 1. The van der Waals surface area contributed by atoms with Crippen LogP contribution in [0.25, 0.3) is 0 Å². The van der Waals surface area contributed by atoms with Gasteiger partial charge >= 0.3 is 0 Å². The van der Waals surface area contributed by atoms with Gasteiger partial charge in [0.05, 0.1) is 6.26 Å². The Kier molecular flexibility index (Phi) is 4.33. The van der Waals surface area contributed by atoms with E-state index in [0.717, 1.165) is 5.57 Å². The Balaban J connectivity index is 2.77. The normalized spacial score (nSPS) is 11.8. The molecule has 0 spiro atoms. The molecule has 0 aliphatic heterocycles. The van der Waals surface area contributed by atoms with Gasteiger partial charge < -0.3 is 9.73 Å². The van der Waals surface area contributed by atoms with Crippen molar-refractivity contribution in [3.63, 3.8) is 0 Å². The van der Waals surface area contributed by atoms with Gasteiger partial charge in [0.25, 0.3) is 5.91 Å². The lowest BCUT2D eigenvalue weighted by Crippen LogP contribution is -2.21. The zero-order chi connectivity index (χ0) is 12.0. The van der Waals surface area contributed by atoms with E-state index in [4.69, 9.17) is 4.42 Å². The second-order valence-corrected chi connectivity index (χ2v) is 3.38. The molecular weight excluding hydrogens is 202 g/mol. The van der Waals surface area contributed by atoms with Crippen LogP contribution < -0.4 is 5.32 Å². The van der Waals surface area contributed by atoms with Crippen molar-refractivity contribution < 1.29 is 9.21 Å². The minimum atomic E-state index is -0.268. The van der Waals surface area contributed by atoms with E-state index in [0.29, 0.717) is 5.70 Å². The van der Waals surface area contributed by atoms with E-state index in [9.17, 15) is 4.79 Å². The van der Waals surface area contributed by atoms with Gasteiger partial charge in [-0.2, -0.15) is 0 Å². The minimum absolute atomic E-state index is 0.268. The summed E-state index contributed by atoms with van der Waals surface area (Å²) in [5.74, 6) is 0.0210. The van der Waals surface area contributed by atoms with Gasteiger partial charge in [-0.3, -0.25) is 4.79 Å². The largest absolute Gasteiger partial charge is 0.459 e. The predicted octanol–water partition coefficient (Wildman–Crippen LogP) is 3.05. The predicted molar refractivity (Wildman–Crippen MR) is 63.9 cm³/mol. The van der Waals surface area contributed by atoms with E-state index in [1.807, 2.05) is 19.9 Å². The lowest BCUT2D eigenvalue weighted by molar-refractivity contribution is 0.0940. The number of carbonyl (C=O) groups is 1. The Bertz CT molecular complexity index is 425. The van der Waals surface area contributed by atoms with Gasteiger partial charge in [-0.05, 0) is 38.1 Å². The van der Waals surface area contributed by atoms with Crippen LogP contribution in [0.5, 0.6) is 0 Å². The molecule has 1 rings (SSSR count). The van der Waals surface area contributed by atoms with E-state index in [-0.39, 0.29) is 11.7 Å². The Morgan fingerprint density at radius 3 is 2.81 bits per heavy atom. The highest BCUT2D eigenvalue weighted by molar-refractivity contribution is 5.92. The molecule has 0 atom stereocenters. The summed E-state index contributed by atoms with van der Waals surface area (Å²) in [6.45, 7) is 7.51. The third kappa shape index (κ3) is 3.61. The van der Waals surface area contributed by atoms with Gasteiger partial charge in [-0.25, -0.2) is 0 Å². The molecule has 3 nitrogen and oxygen atoms in total. The smallest absolute Gasteiger partial charge is 0.291 e. The average molecular weight is 217 g/mol. The molecule has 0 radical (unpaired) electrons. The SMILES string of the molecule is C=C(C)C=C(C=CC)NC(=O)c1ccco1. The summed E-state index contributed by atoms with van der Waals surface area (Å²) in [5.41, 5.74) is 1.56. The molecule has 16 heavy (non-hydrogen) atoms. The number of allylic oxidation sites excluding steroid dienone is 4. The van der Waals surface area contributed by atoms with Crippen molar-refractivity contribution in [1.82, 2.24) is 5.32 Å². The maximum atomic E-state index is 11.7. The van der Waals surface area contributed by atoms with Crippen LogP contribution in [0, 0.1) is 0 Å². The zero-order valence-corrected chi connectivity index (χ0v) is 9.49. The summed E-state index contributed by atoms with van der Waals surface area (Å²) in [7, 11) is 0. The summed E-state index contributed by atoms with van der Waals surface area (Å²) in [4.78, 5) is 11.7. The van der Waals surface area contributed by atoms with Crippen molar-refractivity contribution >= 4 is 5.91 Å². The topological polar surface area (TPSA) is 42.2 Å². The highest BCUT2D eigenvalue weighted by atomic mass is 16.3. The number of hydrogen-bond donors (Lipinski definition) is 1. The molecule has 0 fully saturated rings. The number of nitrogens with one attached hydrogen (secondary N) is 1. The van der Waals surface area contributed by atoms with Crippen LogP contribution >= 0.6 is 0 Å². The van der Waals surface area contributed by atoms with Crippen molar-refractivity contribution in [1.29, 1.82) is 0 Å². The number of rotatable bonds is 4. The molecule has 0 saturated carbocycles. The Hall–Kier alpha value is -2.03. The molecular formula is C13H15NO2.